The van der Waals surface area contributed by atoms with E-state index >= 15 is 0 Å². The Morgan fingerprint density at radius 1 is 1.04 bits per heavy atom. The Balaban J connectivity index is 1.77. The Bertz CT molecular complexity index is 742. The molecule has 0 saturated carbocycles. The van der Waals surface area contributed by atoms with Gasteiger partial charge in [-0.1, -0.05) is 18.2 Å². The van der Waals surface area contributed by atoms with Gasteiger partial charge in [0.15, 0.2) is 0 Å². The highest BCUT2D eigenvalue weighted by atomic mass is 16.5. The zero-order valence-electron chi connectivity index (χ0n) is 15.3. The number of amides is 2. The number of hydrogen-bond donors (Lipinski definition) is 3. The molecule has 0 heterocycles. The maximum absolute atomic E-state index is 12.0. The summed E-state index contributed by atoms with van der Waals surface area (Å²) in [7, 11) is 0. The van der Waals surface area contributed by atoms with Gasteiger partial charge in [0.2, 0.25) is 11.8 Å². The summed E-state index contributed by atoms with van der Waals surface area (Å²) in [6.07, 6.45) is 0.135. The van der Waals surface area contributed by atoms with Crippen LogP contribution in [-0.4, -0.2) is 24.5 Å². The molecule has 0 aliphatic heterocycles. The molecule has 26 heavy (non-hydrogen) atoms. The third-order valence-corrected chi connectivity index (χ3v) is 3.42. The van der Waals surface area contributed by atoms with Crippen molar-refractivity contribution in [2.45, 2.75) is 33.4 Å². The lowest BCUT2D eigenvalue weighted by atomic mass is 10.2. The predicted octanol–water partition coefficient (Wildman–Crippen LogP) is 3.16. The molecule has 0 aliphatic rings. The average molecular weight is 355 g/mol. The summed E-state index contributed by atoms with van der Waals surface area (Å²) in [6.45, 7) is 6.02. The van der Waals surface area contributed by atoms with E-state index in [1.165, 1.54) is 6.92 Å². The summed E-state index contributed by atoms with van der Waals surface area (Å²) < 4.78 is 5.59. The van der Waals surface area contributed by atoms with Crippen LogP contribution in [0.15, 0.2) is 48.5 Å². The monoisotopic (exact) mass is 355 g/mol. The minimum absolute atomic E-state index is 0.113. The lowest BCUT2D eigenvalue weighted by molar-refractivity contribution is -0.119. The maximum Gasteiger partial charge on any atom is 0.239 e. The van der Waals surface area contributed by atoms with Crippen LogP contribution in [0.25, 0.3) is 0 Å². The van der Waals surface area contributed by atoms with Crippen molar-refractivity contribution in [2.24, 2.45) is 0 Å². The normalized spacial score (nSPS) is 10.3. The van der Waals surface area contributed by atoms with Gasteiger partial charge in [0.25, 0.3) is 0 Å². The minimum Gasteiger partial charge on any atom is -0.491 e. The summed E-state index contributed by atoms with van der Waals surface area (Å²) in [6, 6.07) is 14.9. The standard InChI is InChI=1S/C20H25N3O3/c1-14(2)26-19-9-7-16(8-10-19)12-22-20(25)13-21-17-5-4-6-18(11-17)23-15(3)24/h4-11,14,21H,12-13H2,1-3H3,(H,22,25)(H,23,24). The van der Waals surface area contributed by atoms with Crippen LogP contribution in [0.5, 0.6) is 5.75 Å². The second kappa shape index (κ2) is 9.46. The van der Waals surface area contributed by atoms with Gasteiger partial charge in [-0.2, -0.15) is 0 Å². The quantitative estimate of drug-likeness (QED) is 0.680. The van der Waals surface area contributed by atoms with E-state index < -0.39 is 0 Å². The summed E-state index contributed by atoms with van der Waals surface area (Å²) in [5.74, 6) is 0.568. The minimum atomic E-state index is -0.135. The molecule has 0 fully saturated rings. The number of ether oxygens (including phenoxy) is 1. The van der Waals surface area contributed by atoms with Crippen molar-refractivity contribution < 1.29 is 14.3 Å². The molecule has 2 aromatic carbocycles. The topological polar surface area (TPSA) is 79.5 Å². The maximum atomic E-state index is 12.0. The Hall–Kier alpha value is -3.02. The molecule has 6 heteroatoms. The number of benzene rings is 2. The molecule has 0 aliphatic carbocycles. The zero-order chi connectivity index (χ0) is 18.9. The van der Waals surface area contributed by atoms with E-state index in [-0.39, 0.29) is 24.5 Å². The van der Waals surface area contributed by atoms with Crippen molar-refractivity contribution in [3.05, 3.63) is 54.1 Å². The fourth-order valence-electron chi connectivity index (χ4n) is 2.31. The summed E-state index contributed by atoms with van der Waals surface area (Å²) in [4.78, 5) is 23.1. The SMILES string of the molecule is CC(=O)Nc1cccc(NCC(=O)NCc2ccc(OC(C)C)cc2)c1. The number of nitrogens with one attached hydrogen (secondary N) is 3. The van der Waals surface area contributed by atoms with Crippen molar-refractivity contribution in [1.82, 2.24) is 5.32 Å². The van der Waals surface area contributed by atoms with E-state index in [9.17, 15) is 9.59 Å². The Kier molecular flexibility index (Phi) is 7.02. The van der Waals surface area contributed by atoms with E-state index in [1.54, 1.807) is 12.1 Å². The number of anilines is 2. The van der Waals surface area contributed by atoms with Gasteiger partial charge in [0.1, 0.15) is 5.75 Å². The third-order valence-electron chi connectivity index (χ3n) is 3.42. The van der Waals surface area contributed by atoms with Crippen molar-refractivity contribution in [3.8, 4) is 5.75 Å². The number of carbonyl (C=O) groups excluding carboxylic acids is 2. The molecule has 0 unspecified atom stereocenters. The molecule has 2 rings (SSSR count). The fraction of sp³-hybridized carbons (Fsp3) is 0.300. The van der Waals surface area contributed by atoms with Crippen molar-refractivity contribution in [1.29, 1.82) is 0 Å². The molecule has 6 nitrogen and oxygen atoms in total. The van der Waals surface area contributed by atoms with Crippen LogP contribution in [0, 0.1) is 0 Å². The lowest BCUT2D eigenvalue weighted by Gasteiger charge is -2.11. The molecule has 0 bridgehead atoms. The molecular formula is C20H25N3O3. The highest BCUT2D eigenvalue weighted by Crippen LogP contribution is 2.15. The zero-order valence-corrected chi connectivity index (χ0v) is 15.3. The van der Waals surface area contributed by atoms with E-state index in [1.807, 2.05) is 50.2 Å². The first kappa shape index (κ1) is 19.3. The Labute approximate surface area is 153 Å². The number of rotatable bonds is 8. The van der Waals surface area contributed by atoms with E-state index in [2.05, 4.69) is 16.0 Å². The van der Waals surface area contributed by atoms with Gasteiger partial charge in [0.05, 0.1) is 12.6 Å². The molecule has 0 saturated heterocycles. The first-order valence-electron chi connectivity index (χ1n) is 8.56. The van der Waals surface area contributed by atoms with Crippen molar-refractivity contribution in [3.63, 3.8) is 0 Å². The van der Waals surface area contributed by atoms with Crippen LogP contribution in [-0.2, 0) is 16.1 Å². The van der Waals surface area contributed by atoms with Crippen molar-refractivity contribution >= 4 is 23.2 Å². The number of carbonyl (C=O) groups is 2. The molecule has 0 spiro atoms. The molecule has 138 valence electrons. The van der Waals surface area contributed by atoms with Crippen LogP contribution < -0.4 is 20.7 Å². The number of hydrogen-bond acceptors (Lipinski definition) is 4. The molecule has 0 atom stereocenters. The first-order valence-corrected chi connectivity index (χ1v) is 8.56. The predicted molar refractivity (Wildman–Crippen MR) is 103 cm³/mol. The second-order valence-corrected chi connectivity index (χ2v) is 6.20. The molecule has 0 aromatic heterocycles. The first-order chi connectivity index (χ1) is 12.4. The van der Waals surface area contributed by atoms with Crippen LogP contribution >= 0.6 is 0 Å². The highest BCUT2D eigenvalue weighted by Gasteiger charge is 2.04. The van der Waals surface area contributed by atoms with Crippen LogP contribution in [0.3, 0.4) is 0 Å². The summed E-state index contributed by atoms with van der Waals surface area (Å²) in [5.41, 5.74) is 2.45. The van der Waals surface area contributed by atoms with E-state index in [4.69, 9.17) is 4.74 Å². The lowest BCUT2D eigenvalue weighted by Crippen LogP contribution is -2.29. The molecule has 2 aromatic rings. The van der Waals surface area contributed by atoms with Crippen LogP contribution in [0.2, 0.25) is 0 Å². The molecule has 0 radical (unpaired) electrons. The van der Waals surface area contributed by atoms with Gasteiger partial charge in [-0.25, -0.2) is 0 Å². The van der Waals surface area contributed by atoms with Gasteiger partial charge in [-0.15, -0.1) is 0 Å². The fourth-order valence-corrected chi connectivity index (χ4v) is 2.31. The van der Waals surface area contributed by atoms with Gasteiger partial charge in [0, 0.05) is 24.8 Å². The van der Waals surface area contributed by atoms with Crippen LogP contribution in [0.1, 0.15) is 26.3 Å². The molecule has 2 amide bonds. The van der Waals surface area contributed by atoms with Gasteiger partial charge >= 0.3 is 0 Å². The van der Waals surface area contributed by atoms with Crippen molar-refractivity contribution in [2.75, 3.05) is 17.2 Å². The summed E-state index contributed by atoms with van der Waals surface area (Å²) >= 11 is 0. The smallest absolute Gasteiger partial charge is 0.239 e. The summed E-state index contributed by atoms with van der Waals surface area (Å²) in [5, 5.41) is 8.61. The molecule has 3 N–H and O–H groups in total. The van der Waals surface area contributed by atoms with Crippen LogP contribution in [0.4, 0.5) is 11.4 Å². The highest BCUT2D eigenvalue weighted by molar-refractivity contribution is 5.89. The van der Waals surface area contributed by atoms with Gasteiger partial charge < -0.3 is 20.7 Å². The third kappa shape index (κ3) is 6.84. The Morgan fingerprint density at radius 2 is 1.73 bits per heavy atom. The van der Waals surface area contributed by atoms with E-state index in [0.717, 1.165) is 17.0 Å². The van der Waals surface area contributed by atoms with Gasteiger partial charge in [-0.05, 0) is 49.7 Å². The molecular weight excluding hydrogens is 330 g/mol. The largest absolute Gasteiger partial charge is 0.491 e. The van der Waals surface area contributed by atoms with E-state index in [0.29, 0.717) is 12.2 Å². The second-order valence-electron chi connectivity index (χ2n) is 6.20. The Morgan fingerprint density at radius 3 is 2.38 bits per heavy atom. The average Bonchev–Trinajstić information content (AvgIpc) is 2.58. The van der Waals surface area contributed by atoms with Gasteiger partial charge in [-0.3, -0.25) is 9.59 Å².